The molecule has 5 nitrogen and oxygen atoms in total. The van der Waals surface area contributed by atoms with Gasteiger partial charge in [-0.3, -0.25) is 9.13 Å². The molecule has 0 aliphatic rings. The number of fused-ring (bicyclic) bond motifs is 5. The van der Waals surface area contributed by atoms with Crippen LogP contribution in [-0.2, 0) is 0 Å². The van der Waals surface area contributed by atoms with E-state index in [1.54, 1.807) is 0 Å². The molecule has 0 atom stereocenters. The van der Waals surface area contributed by atoms with E-state index in [2.05, 4.69) is 190 Å². The Morgan fingerprint density at radius 2 is 0.694 bits per heavy atom. The summed E-state index contributed by atoms with van der Waals surface area (Å²) in [5.41, 5.74) is 11.4. The quantitative estimate of drug-likeness (QED) is 0.190. The van der Waals surface area contributed by atoms with E-state index in [0.29, 0.717) is 0 Å². The van der Waals surface area contributed by atoms with Gasteiger partial charge in [0.2, 0.25) is 0 Å². The normalized spacial score (nSPS) is 11.7. The molecule has 49 heavy (non-hydrogen) atoms. The average Bonchev–Trinajstić information content (AvgIpc) is 3.85. The standard InChI is InChI=1S/C44H29N5/c1-3-16-30(17-4-1)47-40-28-13-9-24-36(40)45-43(47)34-22-15-23-35(42(34)49-38-26-11-7-20-32(38)33-21-8-12-27-39(33)49)44-46-37-25-10-14-29-41(37)48(44)31-18-5-2-6-19-31/h1-29H. The van der Waals surface area contributed by atoms with E-state index >= 15 is 0 Å². The van der Waals surface area contributed by atoms with Crippen LogP contribution in [0, 0.1) is 0 Å². The van der Waals surface area contributed by atoms with E-state index in [0.717, 1.165) is 72.9 Å². The number of benzene rings is 7. The van der Waals surface area contributed by atoms with Crippen LogP contribution in [0.5, 0.6) is 0 Å². The monoisotopic (exact) mass is 627 g/mol. The second-order valence-electron chi connectivity index (χ2n) is 12.3. The fourth-order valence-corrected chi connectivity index (χ4v) is 7.40. The van der Waals surface area contributed by atoms with Crippen LogP contribution in [0.1, 0.15) is 0 Å². The molecule has 0 bridgehead atoms. The van der Waals surface area contributed by atoms with Crippen molar-refractivity contribution in [2.24, 2.45) is 0 Å². The van der Waals surface area contributed by atoms with Crippen LogP contribution in [0.4, 0.5) is 0 Å². The van der Waals surface area contributed by atoms with Gasteiger partial charge in [-0.25, -0.2) is 9.97 Å². The van der Waals surface area contributed by atoms with Crippen LogP contribution >= 0.6 is 0 Å². The highest BCUT2D eigenvalue weighted by atomic mass is 15.1. The van der Waals surface area contributed by atoms with Crippen LogP contribution in [0.15, 0.2) is 176 Å². The van der Waals surface area contributed by atoms with Gasteiger partial charge in [0.05, 0.1) is 38.8 Å². The zero-order chi connectivity index (χ0) is 32.3. The first-order valence-electron chi connectivity index (χ1n) is 16.5. The van der Waals surface area contributed by atoms with Crippen molar-refractivity contribution in [2.45, 2.75) is 0 Å². The van der Waals surface area contributed by atoms with Gasteiger partial charge in [0.1, 0.15) is 11.6 Å². The molecule has 7 aromatic carbocycles. The Morgan fingerprint density at radius 1 is 0.306 bits per heavy atom. The van der Waals surface area contributed by atoms with Crippen molar-refractivity contribution in [3.05, 3.63) is 176 Å². The molecule has 0 unspecified atom stereocenters. The summed E-state index contributed by atoms with van der Waals surface area (Å²) in [5.74, 6) is 1.74. The lowest BCUT2D eigenvalue weighted by molar-refractivity contribution is 1.07. The van der Waals surface area contributed by atoms with Crippen molar-refractivity contribution >= 4 is 43.9 Å². The molecule has 3 aromatic heterocycles. The van der Waals surface area contributed by atoms with Crippen molar-refractivity contribution < 1.29 is 0 Å². The fourth-order valence-electron chi connectivity index (χ4n) is 7.40. The highest BCUT2D eigenvalue weighted by molar-refractivity contribution is 6.10. The summed E-state index contributed by atoms with van der Waals surface area (Å²) in [6.45, 7) is 0. The Labute approximate surface area is 282 Å². The second-order valence-corrected chi connectivity index (χ2v) is 12.3. The second kappa shape index (κ2) is 10.9. The minimum Gasteiger partial charge on any atom is -0.308 e. The number of para-hydroxylation sites is 9. The molecular formula is C44H29N5. The lowest BCUT2D eigenvalue weighted by Crippen LogP contribution is -2.06. The van der Waals surface area contributed by atoms with Crippen molar-refractivity contribution in [1.29, 1.82) is 0 Å². The third-order valence-corrected chi connectivity index (χ3v) is 9.47. The van der Waals surface area contributed by atoms with Gasteiger partial charge >= 0.3 is 0 Å². The molecule has 10 aromatic rings. The van der Waals surface area contributed by atoms with E-state index in [1.807, 2.05) is 0 Å². The van der Waals surface area contributed by atoms with E-state index in [1.165, 1.54) is 10.8 Å². The fraction of sp³-hybridized carbons (Fsp3) is 0. The highest BCUT2D eigenvalue weighted by Crippen LogP contribution is 2.43. The topological polar surface area (TPSA) is 40.6 Å². The summed E-state index contributed by atoms with van der Waals surface area (Å²) >= 11 is 0. The zero-order valence-corrected chi connectivity index (χ0v) is 26.5. The largest absolute Gasteiger partial charge is 0.308 e. The molecule has 0 fully saturated rings. The van der Waals surface area contributed by atoms with Gasteiger partial charge in [0.15, 0.2) is 0 Å². The number of nitrogens with zero attached hydrogens (tertiary/aromatic N) is 5. The van der Waals surface area contributed by atoms with Gasteiger partial charge in [0.25, 0.3) is 0 Å². The van der Waals surface area contributed by atoms with Crippen LogP contribution in [0.25, 0.3) is 83.7 Å². The summed E-state index contributed by atoms with van der Waals surface area (Å²) in [4.78, 5) is 10.7. The molecule has 10 rings (SSSR count). The predicted octanol–water partition coefficient (Wildman–Crippen LogP) is 10.8. The third-order valence-electron chi connectivity index (χ3n) is 9.47. The summed E-state index contributed by atoms with van der Waals surface area (Å²) < 4.78 is 6.98. The molecule has 0 saturated carbocycles. The number of rotatable bonds is 5. The number of aromatic nitrogens is 5. The van der Waals surface area contributed by atoms with Crippen molar-refractivity contribution in [1.82, 2.24) is 23.7 Å². The molecule has 0 aliphatic carbocycles. The summed E-state index contributed by atoms with van der Waals surface area (Å²) in [7, 11) is 0. The Bertz CT molecular complexity index is 2630. The van der Waals surface area contributed by atoms with Gasteiger partial charge in [-0.2, -0.15) is 0 Å². The van der Waals surface area contributed by atoms with Crippen molar-refractivity contribution in [2.75, 3.05) is 0 Å². The highest BCUT2D eigenvalue weighted by Gasteiger charge is 2.26. The van der Waals surface area contributed by atoms with E-state index in [-0.39, 0.29) is 0 Å². The lowest BCUT2D eigenvalue weighted by atomic mass is 10.0. The predicted molar refractivity (Wildman–Crippen MR) is 201 cm³/mol. The van der Waals surface area contributed by atoms with Crippen molar-refractivity contribution in [3.8, 4) is 39.8 Å². The lowest BCUT2D eigenvalue weighted by Gasteiger charge is -2.20. The number of imidazole rings is 2. The van der Waals surface area contributed by atoms with Gasteiger partial charge in [-0.1, -0.05) is 103 Å². The zero-order valence-electron chi connectivity index (χ0n) is 26.5. The first kappa shape index (κ1) is 27.4. The van der Waals surface area contributed by atoms with Gasteiger partial charge in [-0.05, 0) is 72.8 Å². The summed E-state index contributed by atoms with van der Waals surface area (Å²) in [6.07, 6.45) is 0. The SMILES string of the molecule is c1ccc(-n2c(-c3cccc(-c4nc5ccccc5n4-c4ccccc4)c3-n3c4ccccc4c4ccccc43)nc3ccccc32)cc1. The molecule has 3 heterocycles. The molecule has 0 amide bonds. The Hall–Kier alpha value is -6.72. The smallest absolute Gasteiger partial charge is 0.147 e. The molecule has 230 valence electrons. The number of hydrogen-bond donors (Lipinski definition) is 0. The maximum atomic E-state index is 5.37. The summed E-state index contributed by atoms with van der Waals surface area (Å²) in [5, 5.41) is 2.40. The Kier molecular flexibility index (Phi) is 6.11. The molecule has 0 saturated heterocycles. The summed E-state index contributed by atoms with van der Waals surface area (Å²) in [6, 6.07) is 61.7. The van der Waals surface area contributed by atoms with E-state index in [9.17, 15) is 0 Å². The molecule has 0 N–H and O–H groups in total. The van der Waals surface area contributed by atoms with Crippen LogP contribution in [0.2, 0.25) is 0 Å². The van der Waals surface area contributed by atoms with E-state index in [4.69, 9.17) is 9.97 Å². The first-order valence-corrected chi connectivity index (χ1v) is 16.5. The van der Waals surface area contributed by atoms with E-state index < -0.39 is 0 Å². The third kappa shape index (κ3) is 4.19. The molecular weight excluding hydrogens is 599 g/mol. The maximum Gasteiger partial charge on any atom is 0.147 e. The molecule has 0 radical (unpaired) electrons. The minimum atomic E-state index is 0.869. The minimum absolute atomic E-state index is 0.869. The van der Waals surface area contributed by atoms with Gasteiger partial charge in [0, 0.05) is 33.3 Å². The van der Waals surface area contributed by atoms with Crippen molar-refractivity contribution in [3.63, 3.8) is 0 Å². The van der Waals surface area contributed by atoms with Gasteiger partial charge < -0.3 is 4.57 Å². The molecule has 0 aliphatic heterocycles. The average molecular weight is 628 g/mol. The van der Waals surface area contributed by atoms with Crippen LogP contribution in [0.3, 0.4) is 0 Å². The molecule has 0 spiro atoms. The Balaban J connectivity index is 1.40. The van der Waals surface area contributed by atoms with Crippen LogP contribution in [-0.4, -0.2) is 23.7 Å². The molecule has 5 heteroatoms. The maximum absolute atomic E-state index is 5.37. The van der Waals surface area contributed by atoms with Crippen LogP contribution < -0.4 is 0 Å². The van der Waals surface area contributed by atoms with Gasteiger partial charge in [-0.15, -0.1) is 0 Å². The Morgan fingerprint density at radius 3 is 1.16 bits per heavy atom. The number of hydrogen-bond acceptors (Lipinski definition) is 2. The first-order chi connectivity index (χ1) is 24.3.